The van der Waals surface area contributed by atoms with Crippen molar-refractivity contribution in [3.63, 3.8) is 0 Å². The number of carboxylic acid groups (broad SMARTS) is 1. The van der Waals surface area contributed by atoms with Crippen LogP contribution in [0.5, 0.6) is 0 Å². The average Bonchev–Trinajstić information content (AvgIpc) is 2.57. The van der Waals surface area contributed by atoms with Crippen LogP contribution in [0.4, 0.5) is 4.79 Å². The van der Waals surface area contributed by atoms with E-state index in [-0.39, 0.29) is 12.5 Å². The van der Waals surface area contributed by atoms with Gasteiger partial charge in [0.2, 0.25) is 0 Å². The molecule has 0 radical (unpaired) electrons. The van der Waals surface area contributed by atoms with Gasteiger partial charge in [0, 0.05) is 0 Å². The van der Waals surface area contributed by atoms with Crippen LogP contribution < -0.4 is 5.32 Å². The average molecular weight is 337 g/mol. The summed E-state index contributed by atoms with van der Waals surface area (Å²) in [6.45, 7) is 4.93. The number of hydrogen-bond donors (Lipinski definition) is 2. The van der Waals surface area contributed by atoms with Gasteiger partial charge in [0.25, 0.3) is 0 Å². The predicted octanol–water partition coefficient (Wildman–Crippen LogP) is 2.34. The minimum Gasteiger partial charge on any atom is -0.479 e. The lowest BCUT2D eigenvalue weighted by Gasteiger charge is -2.23. The third kappa shape index (κ3) is 6.28. The Morgan fingerprint density at radius 2 is 1.79 bits per heavy atom. The van der Waals surface area contributed by atoms with Crippen LogP contribution >= 0.6 is 0 Å². The molecule has 2 N–H and O–H groups in total. The molecule has 0 saturated heterocycles. The van der Waals surface area contributed by atoms with Crippen LogP contribution in [0.25, 0.3) is 0 Å². The molecular weight excluding hydrogens is 314 g/mol. The summed E-state index contributed by atoms with van der Waals surface area (Å²) in [7, 11) is 0. The van der Waals surface area contributed by atoms with E-state index in [4.69, 9.17) is 14.6 Å². The molecule has 7 heteroatoms. The maximum absolute atomic E-state index is 12.1. The fourth-order valence-corrected chi connectivity index (χ4v) is 1.86. The number of ether oxygens (including phenoxy) is 2. The second-order valence-electron chi connectivity index (χ2n) is 5.49. The molecule has 0 fully saturated rings. The fraction of sp³-hybridized carbons (Fsp3) is 0.471. The Labute approximate surface area is 141 Å². The van der Waals surface area contributed by atoms with Crippen LogP contribution in [0.15, 0.2) is 30.3 Å². The second-order valence-corrected chi connectivity index (χ2v) is 5.49. The number of esters is 1. The smallest absolute Gasteiger partial charge is 0.408 e. The van der Waals surface area contributed by atoms with Gasteiger partial charge in [-0.1, -0.05) is 50.6 Å². The van der Waals surface area contributed by atoms with E-state index >= 15 is 0 Å². The minimum atomic E-state index is -1.29. The lowest BCUT2D eigenvalue weighted by molar-refractivity contribution is -0.164. The first-order valence-electron chi connectivity index (χ1n) is 7.75. The third-order valence-corrected chi connectivity index (χ3v) is 3.59. The SMILES string of the molecule is CCC(C)[C@H](NC(=O)OCc1ccccc1)C(=O)OC(C)C(=O)O. The number of carbonyl (C=O) groups excluding carboxylic acids is 2. The maximum Gasteiger partial charge on any atom is 0.408 e. The molecular formula is C17H23NO6. The molecule has 0 heterocycles. The molecule has 1 aromatic carbocycles. The number of amides is 1. The van der Waals surface area contributed by atoms with E-state index in [1.54, 1.807) is 6.92 Å². The van der Waals surface area contributed by atoms with Gasteiger partial charge in [0.15, 0.2) is 6.10 Å². The number of nitrogens with one attached hydrogen (secondary N) is 1. The van der Waals surface area contributed by atoms with Crippen LogP contribution in [0.3, 0.4) is 0 Å². The van der Waals surface area contributed by atoms with E-state index in [1.807, 2.05) is 37.3 Å². The van der Waals surface area contributed by atoms with Crippen LogP contribution in [0.2, 0.25) is 0 Å². The Morgan fingerprint density at radius 1 is 1.17 bits per heavy atom. The zero-order valence-corrected chi connectivity index (χ0v) is 14.0. The highest BCUT2D eigenvalue weighted by atomic mass is 16.6. The fourth-order valence-electron chi connectivity index (χ4n) is 1.86. The van der Waals surface area contributed by atoms with Gasteiger partial charge in [-0.15, -0.1) is 0 Å². The van der Waals surface area contributed by atoms with Gasteiger partial charge >= 0.3 is 18.0 Å². The molecule has 2 unspecified atom stereocenters. The van der Waals surface area contributed by atoms with Crippen LogP contribution in [0.1, 0.15) is 32.8 Å². The molecule has 3 atom stereocenters. The minimum absolute atomic E-state index is 0.0699. The Morgan fingerprint density at radius 3 is 2.33 bits per heavy atom. The lowest BCUT2D eigenvalue weighted by Crippen LogP contribution is -2.47. The summed E-state index contributed by atoms with van der Waals surface area (Å²) in [6.07, 6.45) is -1.45. The number of rotatable bonds is 8. The maximum atomic E-state index is 12.1. The topological polar surface area (TPSA) is 102 Å². The molecule has 0 aliphatic rings. The van der Waals surface area contributed by atoms with E-state index in [0.717, 1.165) is 5.56 Å². The van der Waals surface area contributed by atoms with Crippen molar-refractivity contribution in [2.75, 3.05) is 0 Å². The molecule has 0 bridgehead atoms. The molecule has 24 heavy (non-hydrogen) atoms. The third-order valence-electron chi connectivity index (χ3n) is 3.59. The zero-order chi connectivity index (χ0) is 18.1. The van der Waals surface area contributed by atoms with Crippen LogP contribution in [-0.2, 0) is 25.7 Å². The summed E-state index contributed by atoms with van der Waals surface area (Å²) in [5, 5.41) is 11.3. The van der Waals surface area contributed by atoms with Gasteiger partial charge in [-0.2, -0.15) is 0 Å². The molecule has 0 aliphatic carbocycles. The van der Waals surface area contributed by atoms with E-state index in [9.17, 15) is 14.4 Å². The van der Waals surface area contributed by atoms with E-state index in [2.05, 4.69) is 5.32 Å². The molecule has 0 aliphatic heterocycles. The quantitative estimate of drug-likeness (QED) is 0.706. The van der Waals surface area contributed by atoms with Crippen LogP contribution in [0, 0.1) is 5.92 Å². The number of carboxylic acids is 1. The summed E-state index contributed by atoms with van der Waals surface area (Å²) in [5.41, 5.74) is 0.815. The van der Waals surface area contributed by atoms with E-state index in [0.29, 0.717) is 6.42 Å². The molecule has 0 aromatic heterocycles. The highest BCUT2D eigenvalue weighted by Crippen LogP contribution is 2.11. The summed E-state index contributed by atoms with van der Waals surface area (Å²) in [6, 6.07) is 8.14. The van der Waals surface area contributed by atoms with Crippen molar-refractivity contribution in [1.29, 1.82) is 0 Å². The first kappa shape index (κ1) is 19.5. The number of benzene rings is 1. The Kier molecular flexibility index (Phi) is 7.74. The number of hydrogen-bond acceptors (Lipinski definition) is 5. The first-order chi connectivity index (χ1) is 11.3. The van der Waals surface area contributed by atoms with Crippen molar-refractivity contribution < 1.29 is 29.0 Å². The van der Waals surface area contributed by atoms with Gasteiger partial charge in [0.1, 0.15) is 12.6 Å². The number of carbonyl (C=O) groups is 3. The van der Waals surface area contributed by atoms with Gasteiger partial charge in [0.05, 0.1) is 0 Å². The highest BCUT2D eigenvalue weighted by molar-refractivity contribution is 5.84. The first-order valence-corrected chi connectivity index (χ1v) is 7.75. The standard InChI is InChI=1S/C17H23NO6/c1-4-11(2)14(16(21)24-12(3)15(19)20)18-17(22)23-10-13-8-6-5-7-9-13/h5-9,11-12,14H,4,10H2,1-3H3,(H,18,22)(H,19,20)/t11?,12?,14-/m0/s1. The number of alkyl carbamates (subject to hydrolysis) is 1. The summed E-state index contributed by atoms with van der Waals surface area (Å²) < 4.78 is 9.93. The molecule has 1 aromatic rings. The molecule has 1 rings (SSSR count). The normalized spacial score (nSPS) is 14.1. The van der Waals surface area contributed by atoms with Crippen molar-refractivity contribution in [2.45, 2.75) is 45.9 Å². The monoisotopic (exact) mass is 337 g/mol. The summed E-state index contributed by atoms with van der Waals surface area (Å²) in [5.74, 6) is -2.28. The Balaban J connectivity index is 2.63. The van der Waals surface area contributed by atoms with Gasteiger partial charge in [-0.25, -0.2) is 14.4 Å². The summed E-state index contributed by atoms with van der Waals surface area (Å²) >= 11 is 0. The van der Waals surface area contributed by atoms with Gasteiger partial charge in [-0.05, 0) is 18.4 Å². The van der Waals surface area contributed by atoms with Crippen molar-refractivity contribution in [3.8, 4) is 0 Å². The second kappa shape index (κ2) is 9.54. The van der Waals surface area contributed by atoms with Gasteiger partial charge in [-0.3, -0.25) is 0 Å². The van der Waals surface area contributed by atoms with Crippen molar-refractivity contribution in [3.05, 3.63) is 35.9 Å². The lowest BCUT2D eigenvalue weighted by atomic mass is 9.99. The Hall–Kier alpha value is -2.57. The van der Waals surface area contributed by atoms with Crippen molar-refractivity contribution in [2.24, 2.45) is 5.92 Å². The molecule has 132 valence electrons. The predicted molar refractivity (Wildman–Crippen MR) is 86.2 cm³/mol. The molecule has 7 nitrogen and oxygen atoms in total. The molecule has 0 spiro atoms. The van der Waals surface area contributed by atoms with Crippen molar-refractivity contribution in [1.82, 2.24) is 5.32 Å². The van der Waals surface area contributed by atoms with Crippen LogP contribution in [-0.4, -0.2) is 35.3 Å². The van der Waals surface area contributed by atoms with Crippen molar-refractivity contribution >= 4 is 18.0 Å². The summed E-state index contributed by atoms with van der Waals surface area (Å²) in [4.78, 5) is 34.8. The largest absolute Gasteiger partial charge is 0.479 e. The molecule has 1 amide bonds. The zero-order valence-electron chi connectivity index (χ0n) is 14.0. The number of aliphatic carboxylic acids is 1. The van der Waals surface area contributed by atoms with E-state index in [1.165, 1.54) is 6.92 Å². The van der Waals surface area contributed by atoms with E-state index < -0.39 is 30.2 Å². The highest BCUT2D eigenvalue weighted by Gasteiger charge is 2.30. The Bertz CT molecular complexity index is 559. The molecule has 0 saturated carbocycles. The van der Waals surface area contributed by atoms with Gasteiger partial charge < -0.3 is 19.9 Å².